The molecular weight excluding hydrogens is 416 g/mol. The van der Waals surface area contributed by atoms with Crippen molar-refractivity contribution in [1.82, 2.24) is 14.9 Å². The van der Waals surface area contributed by atoms with Crippen LogP contribution in [-0.4, -0.2) is 72.7 Å². The van der Waals surface area contributed by atoms with Crippen molar-refractivity contribution >= 4 is 21.6 Å². The zero-order valence-electron chi connectivity index (χ0n) is 18.0. The molecule has 168 valence electrons. The lowest BCUT2D eigenvalue weighted by atomic mass is 10.1. The number of amides is 1. The van der Waals surface area contributed by atoms with Crippen LogP contribution in [0.2, 0.25) is 0 Å². The molecule has 1 heterocycles. The van der Waals surface area contributed by atoms with Crippen molar-refractivity contribution in [3.8, 4) is 0 Å². The van der Waals surface area contributed by atoms with Gasteiger partial charge in [-0.3, -0.25) is 4.79 Å². The molecule has 2 aromatic rings. The highest BCUT2D eigenvalue weighted by Crippen LogP contribution is 2.22. The third kappa shape index (κ3) is 6.27. The van der Waals surface area contributed by atoms with Gasteiger partial charge in [-0.05, 0) is 42.9 Å². The van der Waals surface area contributed by atoms with Gasteiger partial charge >= 0.3 is 0 Å². The molecule has 8 nitrogen and oxygen atoms in total. The Kier molecular flexibility index (Phi) is 8.03. The number of hydrogen-bond donors (Lipinski definition) is 2. The van der Waals surface area contributed by atoms with Crippen molar-refractivity contribution in [2.24, 2.45) is 0 Å². The minimum Gasteiger partial charge on any atom is -0.383 e. The van der Waals surface area contributed by atoms with E-state index in [1.54, 1.807) is 0 Å². The maximum Gasteiger partial charge on any atom is 0.251 e. The SMILES string of the molecule is COCCNS(=O)(=O)c1ccc(C(=O)NCc2ccccc2N2CCN(C)CC2)cc1. The minimum atomic E-state index is -3.62. The van der Waals surface area contributed by atoms with Crippen LogP contribution in [0.15, 0.2) is 53.4 Å². The van der Waals surface area contributed by atoms with Gasteiger partial charge in [0.15, 0.2) is 0 Å². The zero-order chi connectivity index (χ0) is 22.3. The molecule has 0 bridgehead atoms. The van der Waals surface area contributed by atoms with Crippen LogP contribution in [0.4, 0.5) is 5.69 Å². The van der Waals surface area contributed by atoms with Gasteiger partial charge in [-0.25, -0.2) is 13.1 Å². The van der Waals surface area contributed by atoms with Crippen LogP contribution in [0.1, 0.15) is 15.9 Å². The summed E-state index contributed by atoms with van der Waals surface area (Å²) in [4.78, 5) is 17.4. The molecule has 0 aliphatic carbocycles. The molecule has 1 aliphatic heterocycles. The van der Waals surface area contributed by atoms with Crippen LogP contribution < -0.4 is 14.9 Å². The first-order chi connectivity index (χ1) is 14.9. The predicted molar refractivity (Wildman–Crippen MR) is 121 cm³/mol. The number of piperazine rings is 1. The fraction of sp³-hybridized carbons (Fsp3) is 0.409. The van der Waals surface area contributed by atoms with Crippen molar-refractivity contribution in [2.45, 2.75) is 11.4 Å². The number of nitrogens with zero attached hydrogens (tertiary/aromatic N) is 2. The number of methoxy groups -OCH3 is 1. The molecule has 2 N–H and O–H groups in total. The maximum absolute atomic E-state index is 12.6. The first-order valence-corrected chi connectivity index (χ1v) is 11.8. The van der Waals surface area contributed by atoms with Crippen molar-refractivity contribution < 1.29 is 17.9 Å². The average molecular weight is 447 g/mol. The fourth-order valence-corrected chi connectivity index (χ4v) is 4.45. The Morgan fingerprint density at radius 3 is 2.39 bits per heavy atom. The molecule has 1 saturated heterocycles. The van der Waals surface area contributed by atoms with Gasteiger partial charge in [0.1, 0.15) is 0 Å². The van der Waals surface area contributed by atoms with Crippen molar-refractivity contribution in [3.63, 3.8) is 0 Å². The molecule has 31 heavy (non-hydrogen) atoms. The van der Waals surface area contributed by atoms with E-state index < -0.39 is 10.0 Å². The second kappa shape index (κ2) is 10.7. The fourth-order valence-electron chi connectivity index (χ4n) is 3.44. The van der Waals surface area contributed by atoms with Crippen LogP contribution in [0.25, 0.3) is 0 Å². The Balaban J connectivity index is 1.61. The van der Waals surface area contributed by atoms with Gasteiger partial charge in [-0.15, -0.1) is 0 Å². The highest BCUT2D eigenvalue weighted by Gasteiger charge is 2.18. The first kappa shape index (κ1) is 23.2. The lowest BCUT2D eigenvalue weighted by Crippen LogP contribution is -2.45. The monoisotopic (exact) mass is 446 g/mol. The maximum atomic E-state index is 12.6. The summed E-state index contributed by atoms with van der Waals surface area (Å²) in [6.45, 7) is 4.81. The normalized spacial score (nSPS) is 15.1. The Labute approximate surface area is 184 Å². The standard InChI is InChI=1S/C22H30N4O4S/c1-25-12-14-26(15-13-25)21-6-4-3-5-19(21)17-23-22(27)18-7-9-20(10-8-18)31(28,29)24-11-16-30-2/h3-10,24H,11-17H2,1-2H3,(H,23,27). The second-order valence-electron chi connectivity index (χ2n) is 7.52. The van der Waals surface area contributed by atoms with Gasteiger partial charge in [0.2, 0.25) is 10.0 Å². The van der Waals surface area contributed by atoms with Crippen molar-refractivity contribution in [1.29, 1.82) is 0 Å². The summed E-state index contributed by atoms with van der Waals surface area (Å²) >= 11 is 0. The number of ether oxygens (including phenoxy) is 1. The number of anilines is 1. The molecule has 0 aromatic heterocycles. The third-order valence-corrected chi connectivity index (χ3v) is 6.78. The summed E-state index contributed by atoms with van der Waals surface area (Å²) < 4.78 is 31.8. The molecule has 0 radical (unpaired) electrons. The minimum absolute atomic E-state index is 0.112. The van der Waals surface area contributed by atoms with E-state index in [1.807, 2.05) is 18.2 Å². The van der Waals surface area contributed by atoms with Crippen LogP contribution in [-0.2, 0) is 21.3 Å². The van der Waals surface area contributed by atoms with Gasteiger partial charge < -0.3 is 19.9 Å². The molecule has 0 unspecified atom stereocenters. The van der Waals surface area contributed by atoms with Crippen LogP contribution in [0.5, 0.6) is 0 Å². The van der Waals surface area contributed by atoms with Gasteiger partial charge in [0, 0.05) is 57.6 Å². The number of carbonyl (C=O) groups is 1. The number of nitrogens with one attached hydrogen (secondary N) is 2. The van der Waals surface area contributed by atoms with Gasteiger partial charge in [0.05, 0.1) is 11.5 Å². The Bertz CT molecular complexity index is 971. The number of benzene rings is 2. The number of carbonyl (C=O) groups excluding carboxylic acids is 1. The van der Waals surface area contributed by atoms with Crippen LogP contribution >= 0.6 is 0 Å². The summed E-state index contributed by atoms with van der Waals surface area (Å²) in [7, 11) is 0.00297. The third-order valence-electron chi connectivity index (χ3n) is 5.30. The average Bonchev–Trinajstić information content (AvgIpc) is 2.78. The molecule has 3 rings (SSSR count). The lowest BCUT2D eigenvalue weighted by molar-refractivity contribution is 0.0951. The van der Waals surface area contributed by atoms with Crippen LogP contribution in [0.3, 0.4) is 0 Å². The molecule has 1 amide bonds. The van der Waals surface area contributed by atoms with Gasteiger partial charge in [-0.1, -0.05) is 18.2 Å². The number of rotatable bonds is 9. The molecule has 0 saturated carbocycles. The summed E-state index contributed by atoms with van der Waals surface area (Å²) in [5.74, 6) is -0.246. The van der Waals surface area contributed by atoms with E-state index >= 15 is 0 Å². The van der Waals surface area contributed by atoms with E-state index in [0.717, 1.165) is 37.4 Å². The van der Waals surface area contributed by atoms with E-state index in [2.05, 4.69) is 33.0 Å². The Hall–Kier alpha value is -2.46. The Morgan fingerprint density at radius 1 is 1.03 bits per heavy atom. The largest absolute Gasteiger partial charge is 0.383 e. The first-order valence-electron chi connectivity index (χ1n) is 10.3. The van der Waals surface area contributed by atoms with Crippen molar-refractivity contribution in [3.05, 3.63) is 59.7 Å². The smallest absolute Gasteiger partial charge is 0.251 e. The molecule has 1 aliphatic rings. The zero-order valence-corrected chi connectivity index (χ0v) is 18.8. The van der Waals surface area contributed by atoms with Gasteiger partial charge in [0.25, 0.3) is 5.91 Å². The molecule has 2 aromatic carbocycles. The van der Waals surface area contributed by atoms with E-state index in [4.69, 9.17) is 4.74 Å². The molecular formula is C22H30N4O4S. The number of likely N-dealkylation sites (N-methyl/N-ethyl adjacent to an activating group) is 1. The summed E-state index contributed by atoms with van der Waals surface area (Å²) in [5.41, 5.74) is 2.61. The number of para-hydroxylation sites is 1. The summed E-state index contributed by atoms with van der Waals surface area (Å²) in [6, 6.07) is 14.0. The van der Waals surface area contributed by atoms with E-state index in [9.17, 15) is 13.2 Å². The van der Waals surface area contributed by atoms with E-state index in [1.165, 1.54) is 31.4 Å². The highest BCUT2D eigenvalue weighted by molar-refractivity contribution is 7.89. The number of hydrogen-bond acceptors (Lipinski definition) is 6. The summed E-state index contributed by atoms with van der Waals surface area (Å²) in [6.07, 6.45) is 0. The molecule has 0 spiro atoms. The molecule has 0 atom stereocenters. The molecule has 1 fully saturated rings. The van der Waals surface area contributed by atoms with Gasteiger partial charge in [-0.2, -0.15) is 0 Å². The van der Waals surface area contributed by atoms with Crippen molar-refractivity contribution in [2.75, 3.05) is 58.4 Å². The Morgan fingerprint density at radius 2 is 1.71 bits per heavy atom. The van der Waals surface area contributed by atoms with E-state index in [0.29, 0.717) is 12.1 Å². The van der Waals surface area contributed by atoms with Crippen LogP contribution in [0, 0.1) is 0 Å². The predicted octanol–water partition coefficient (Wildman–Crippen LogP) is 1.29. The lowest BCUT2D eigenvalue weighted by Gasteiger charge is -2.35. The molecule has 9 heteroatoms. The summed E-state index contributed by atoms with van der Waals surface area (Å²) in [5, 5.41) is 2.95. The number of sulfonamides is 1. The second-order valence-corrected chi connectivity index (χ2v) is 9.28. The van der Waals surface area contributed by atoms with E-state index in [-0.39, 0.29) is 24.0 Å². The topological polar surface area (TPSA) is 91.0 Å². The highest BCUT2D eigenvalue weighted by atomic mass is 32.2. The quantitative estimate of drug-likeness (QED) is 0.564.